The van der Waals surface area contributed by atoms with E-state index in [0.29, 0.717) is 17.3 Å². The highest BCUT2D eigenvalue weighted by Crippen LogP contribution is 2.27. The minimum atomic E-state index is -1.01. The molecule has 0 saturated carbocycles. The zero-order chi connectivity index (χ0) is 13.0. The number of rotatable bonds is 4. The third-order valence-corrected chi connectivity index (χ3v) is 2.74. The molecule has 0 bridgehead atoms. The van der Waals surface area contributed by atoms with E-state index in [9.17, 15) is 4.79 Å². The Morgan fingerprint density at radius 1 is 1.59 bits per heavy atom. The molecule has 0 saturated heterocycles. The summed E-state index contributed by atoms with van der Waals surface area (Å²) in [6, 6.07) is 3.56. The van der Waals surface area contributed by atoms with E-state index < -0.39 is 12.0 Å². The average molecular weight is 258 g/mol. The molecule has 0 fully saturated rings. The second kappa shape index (κ2) is 5.89. The normalized spacial score (nSPS) is 12.1. The molecule has 0 aliphatic rings. The average Bonchev–Trinajstić information content (AvgIpc) is 2.29. The lowest BCUT2D eigenvalue weighted by molar-refractivity contribution is -0.128. The summed E-state index contributed by atoms with van der Waals surface area (Å²) in [5, 5.41) is 12.2. The Morgan fingerprint density at radius 2 is 2.24 bits per heavy atom. The van der Waals surface area contributed by atoms with Crippen LogP contribution in [0.4, 0.5) is 0 Å². The lowest BCUT2D eigenvalue weighted by Gasteiger charge is -2.12. The highest BCUT2D eigenvalue weighted by atomic mass is 35.5. The van der Waals surface area contributed by atoms with Crippen molar-refractivity contribution in [2.24, 2.45) is 0 Å². The Kier molecular flexibility index (Phi) is 4.78. The van der Waals surface area contributed by atoms with Crippen LogP contribution in [0.15, 0.2) is 12.1 Å². The number of aliphatic hydroxyl groups is 1. The minimum Gasteiger partial charge on any atom is -0.495 e. The Balaban J connectivity index is 2.79. The summed E-state index contributed by atoms with van der Waals surface area (Å²) in [5.41, 5.74) is 1.86. The number of aliphatic hydroxyl groups excluding tert-OH is 1. The SMILES string of the molecule is COc1cc(C)c(CNC(=O)C(C)O)cc1Cl. The highest BCUT2D eigenvalue weighted by Gasteiger charge is 2.10. The van der Waals surface area contributed by atoms with Crippen LogP contribution >= 0.6 is 11.6 Å². The summed E-state index contributed by atoms with van der Waals surface area (Å²) < 4.78 is 5.09. The molecule has 5 heteroatoms. The second-order valence-electron chi connectivity index (χ2n) is 3.81. The van der Waals surface area contributed by atoms with E-state index >= 15 is 0 Å². The standard InChI is InChI=1S/C12H16ClNO3/c1-7-4-11(17-3)10(13)5-9(7)6-14-12(16)8(2)15/h4-5,8,15H,6H2,1-3H3,(H,14,16). The molecule has 0 spiro atoms. The lowest BCUT2D eigenvalue weighted by atomic mass is 10.1. The van der Waals surface area contributed by atoms with Gasteiger partial charge in [-0.2, -0.15) is 0 Å². The highest BCUT2D eigenvalue weighted by molar-refractivity contribution is 6.32. The van der Waals surface area contributed by atoms with Gasteiger partial charge in [-0.25, -0.2) is 0 Å². The van der Waals surface area contributed by atoms with E-state index in [1.807, 2.05) is 13.0 Å². The number of nitrogens with one attached hydrogen (secondary N) is 1. The van der Waals surface area contributed by atoms with Crippen LogP contribution in [0.5, 0.6) is 5.75 Å². The topological polar surface area (TPSA) is 58.6 Å². The third kappa shape index (κ3) is 3.61. The van der Waals surface area contributed by atoms with Crippen molar-refractivity contribution in [2.45, 2.75) is 26.5 Å². The number of hydrogen-bond acceptors (Lipinski definition) is 3. The largest absolute Gasteiger partial charge is 0.495 e. The van der Waals surface area contributed by atoms with Gasteiger partial charge in [0.15, 0.2) is 0 Å². The molecule has 0 radical (unpaired) electrons. The first kappa shape index (κ1) is 13.8. The van der Waals surface area contributed by atoms with Gasteiger partial charge in [-0.05, 0) is 37.1 Å². The van der Waals surface area contributed by atoms with E-state index in [1.165, 1.54) is 6.92 Å². The van der Waals surface area contributed by atoms with Crippen molar-refractivity contribution in [2.75, 3.05) is 7.11 Å². The predicted molar refractivity (Wildman–Crippen MR) is 66.3 cm³/mol. The third-order valence-electron chi connectivity index (χ3n) is 2.44. The van der Waals surface area contributed by atoms with Crippen molar-refractivity contribution in [1.29, 1.82) is 0 Å². The monoisotopic (exact) mass is 257 g/mol. The molecule has 1 amide bonds. The fourth-order valence-corrected chi connectivity index (χ4v) is 1.64. The number of halogens is 1. The number of carbonyl (C=O) groups is 1. The first-order valence-corrected chi connectivity index (χ1v) is 5.62. The Morgan fingerprint density at radius 3 is 2.76 bits per heavy atom. The van der Waals surface area contributed by atoms with Crippen LogP contribution in [0, 0.1) is 6.92 Å². The van der Waals surface area contributed by atoms with E-state index in [0.717, 1.165) is 11.1 Å². The van der Waals surface area contributed by atoms with E-state index in [2.05, 4.69) is 5.32 Å². The van der Waals surface area contributed by atoms with Gasteiger partial charge in [-0.15, -0.1) is 0 Å². The summed E-state index contributed by atoms with van der Waals surface area (Å²) >= 11 is 5.99. The number of benzene rings is 1. The van der Waals surface area contributed by atoms with Crippen LogP contribution in [0.1, 0.15) is 18.1 Å². The van der Waals surface area contributed by atoms with E-state index in [-0.39, 0.29) is 0 Å². The zero-order valence-corrected chi connectivity index (χ0v) is 10.8. The van der Waals surface area contributed by atoms with E-state index in [1.54, 1.807) is 13.2 Å². The quantitative estimate of drug-likeness (QED) is 0.862. The number of carbonyl (C=O) groups excluding carboxylic acids is 1. The molecule has 2 N–H and O–H groups in total. The van der Waals surface area contributed by atoms with Crippen molar-refractivity contribution in [1.82, 2.24) is 5.32 Å². The summed E-state index contributed by atoms with van der Waals surface area (Å²) in [4.78, 5) is 11.2. The Labute approximate surface area is 106 Å². The van der Waals surface area contributed by atoms with Gasteiger partial charge in [0.1, 0.15) is 11.9 Å². The molecule has 1 aromatic rings. The molecular weight excluding hydrogens is 242 g/mol. The van der Waals surface area contributed by atoms with Crippen LogP contribution in [-0.2, 0) is 11.3 Å². The maximum absolute atomic E-state index is 11.2. The smallest absolute Gasteiger partial charge is 0.248 e. The molecule has 0 aromatic heterocycles. The van der Waals surface area contributed by atoms with Gasteiger partial charge in [0, 0.05) is 6.54 Å². The van der Waals surface area contributed by atoms with Gasteiger partial charge in [0.05, 0.1) is 12.1 Å². The van der Waals surface area contributed by atoms with Gasteiger partial charge in [-0.1, -0.05) is 11.6 Å². The van der Waals surface area contributed by atoms with Gasteiger partial charge < -0.3 is 15.2 Å². The molecule has 17 heavy (non-hydrogen) atoms. The first-order valence-electron chi connectivity index (χ1n) is 5.24. The van der Waals surface area contributed by atoms with E-state index in [4.69, 9.17) is 21.4 Å². The molecule has 0 aliphatic heterocycles. The summed E-state index contributed by atoms with van der Waals surface area (Å²) in [5.74, 6) is 0.200. The fraction of sp³-hybridized carbons (Fsp3) is 0.417. The molecule has 0 heterocycles. The van der Waals surface area contributed by atoms with Crippen LogP contribution in [0.2, 0.25) is 5.02 Å². The van der Waals surface area contributed by atoms with Crippen molar-refractivity contribution < 1.29 is 14.6 Å². The number of amides is 1. The van der Waals surface area contributed by atoms with Gasteiger partial charge in [-0.3, -0.25) is 4.79 Å². The van der Waals surface area contributed by atoms with Crippen molar-refractivity contribution in [3.05, 3.63) is 28.3 Å². The number of ether oxygens (including phenoxy) is 1. The van der Waals surface area contributed by atoms with Crippen molar-refractivity contribution in [3.8, 4) is 5.75 Å². The fourth-order valence-electron chi connectivity index (χ4n) is 1.37. The van der Waals surface area contributed by atoms with Crippen LogP contribution in [0.3, 0.4) is 0 Å². The molecule has 1 aromatic carbocycles. The van der Waals surface area contributed by atoms with Gasteiger partial charge in [0.25, 0.3) is 0 Å². The van der Waals surface area contributed by atoms with Crippen molar-refractivity contribution >= 4 is 17.5 Å². The molecule has 1 rings (SSSR count). The second-order valence-corrected chi connectivity index (χ2v) is 4.21. The molecular formula is C12H16ClNO3. The number of aryl methyl sites for hydroxylation is 1. The van der Waals surface area contributed by atoms with Gasteiger partial charge in [0.2, 0.25) is 5.91 Å². The minimum absolute atomic E-state index is 0.333. The molecule has 0 aliphatic carbocycles. The van der Waals surface area contributed by atoms with Crippen LogP contribution in [-0.4, -0.2) is 24.2 Å². The lowest BCUT2D eigenvalue weighted by Crippen LogP contribution is -2.32. The van der Waals surface area contributed by atoms with Crippen molar-refractivity contribution in [3.63, 3.8) is 0 Å². The summed E-state index contributed by atoms with van der Waals surface area (Å²) in [6.45, 7) is 3.66. The molecule has 4 nitrogen and oxygen atoms in total. The van der Waals surface area contributed by atoms with Crippen LogP contribution < -0.4 is 10.1 Å². The zero-order valence-electron chi connectivity index (χ0n) is 10.1. The molecule has 1 atom stereocenters. The van der Waals surface area contributed by atoms with Crippen LogP contribution in [0.25, 0.3) is 0 Å². The molecule has 1 unspecified atom stereocenters. The van der Waals surface area contributed by atoms with Gasteiger partial charge >= 0.3 is 0 Å². The Hall–Kier alpha value is -1.26. The maximum Gasteiger partial charge on any atom is 0.248 e. The number of methoxy groups -OCH3 is 1. The summed E-state index contributed by atoms with van der Waals surface area (Å²) in [6.07, 6.45) is -1.01. The first-order chi connectivity index (χ1) is 7.95. The molecule has 94 valence electrons. The maximum atomic E-state index is 11.2. The summed E-state index contributed by atoms with van der Waals surface area (Å²) in [7, 11) is 1.55. The predicted octanol–water partition coefficient (Wildman–Crippen LogP) is 1.65. The number of hydrogen-bond donors (Lipinski definition) is 2. The Bertz CT molecular complexity index is 418.